The second-order valence-electron chi connectivity index (χ2n) is 6.99. The number of methoxy groups -OCH3 is 2. The number of nitrogens with one attached hydrogen (secondary N) is 1. The van der Waals surface area contributed by atoms with Crippen LogP contribution in [-0.4, -0.2) is 70.8 Å². The van der Waals surface area contributed by atoms with E-state index in [0.29, 0.717) is 26.1 Å². The van der Waals surface area contributed by atoms with Crippen molar-refractivity contribution in [2.24, 2.45) is 0 Å². The normalized spacial score (nSPS) is 25.3. The zero-order chi connectivity index (χ0) is 20.3. The van der Waals surface area contributed by atoms with Crippen molar-refractivity contribution in [3.05, 3.63) is 23.8 Å². The van der Waals surface area contributed by atoms with Crippen LogP contribution in [0.1, 0.15) is 36.5 Å². The molecule has 1 aliphatic heterocycles. The predicted octanol–water partition coefficient (Wildman–Crippen LogP) is 1.40. The molecule has 2 aliphatic rings. The van der Waals surface area contributed by atoms with Gasteiger partial charge in [-0.1, -0.05) is 0 Å². The van der Waals surface area contributed by atoms with Gasteiger partial charge in [0.05, 0.1) is 19.3 Å². The van der Waals surface area contributed by atoms with Crippen LogP contribution in [0.15, 0.2) is 23.1 Å². The van der Waals surface area contributed by atoms with Crippen molar-refractivity contribution in [2.75, 3.05) is 33.9 Å². The highest BCUT2D eigenvalue weighted by atomic mass is 32.2. The van der Waals surface area contributed by atoms with Crippen molar-refractivity contribution >= 4 is 15.9 Å². The van der Waals surface area contributed by atoms with Crippen LogP contribution in [0, 0.1) is 0 Å². The Morgan fingerprint density at radius 2 is 1.96 bits per heavy atom. The lowest BCUT2D eigenvalue weighted by molar-refractivity contribution is -0.128. The average molecular weight is 413 g/mol. The first kappa shape index (κ1) is 21.0. The largest absolute Gasteiger partial charge is 0.495 e. The SMILES string of the molecule is CCO[C@@H]1C[C@@H](NC(=O)c2ccc(OC)c(S(=O)(=O)N3CCCC3)c2)[C@H]1OC. The number of rotatable bonds is 8. The van der Waals surface area contributed by atoms with Crippen LogP contribution in [0.5, 0.6) is 5.75 Å². The lowest BCUT2D eigenvalue weighted by Gasteiger charge is -2.43. The molecule has 8 nitrogen and oxygen atoms in total. The van der Waals surface area contributed by atoms with E-state index in [9.17, 15) is 13.2 Å². The Morgan fingerprint density at radius 3 is 2.57 bits per heavy atom. The van der Waals surface area contributed by atoms with Gasteiger partial charge in [-0.25, -0.2) is 8.42 Å². The molecule has 0 bridgehead atoms. The van der Waals surface area contributed by atoms with Crippen LogP contribution < -0.4 is 10.1 Å². The number of carbonyl (C=O) groups is 1. The van der Waals surface area contributed by atoms with E-state index in [4.69, 9.17) is 14.2 Å². The van der Waals surface area contributed by atoms with Crippen molar-refractivity contribution in [3.8, 4) is 5.75 Å². The van der Waals surface area contributed by atoms with Crippen LogP contribution >= 0.6 is 0 Å². The molecule has 1 amide bonds. The summed E-state index contributed by atoms with van der Waals surface area (Å²) in [6, 6.07) is 4.31. The Morgan fingerprint density at radius 1 is 1.25 bits per heavy atom. The number of nitrogens with zero attached hydrogens (tertiary/aromatic N) is 1. The van der Waals surface area contributed by atoms with Gasteiger partial charge < -0.3 is 19.5 Å². The minimum Gasteiger partial charge on any atom is -0.495 e. The summed E-state index contributed by atoms with van der Waals surface area (Å²) in [4.78, 5) is 12.7. The third kappa shape index (κ3) is 4.03. The van der Waals surface area contributed by atoms with Crippen LogP contribution in [0.4, 0.5) is 0 Å². The first-order valence-electron chi connectivity index (χ1n) is 9.55. The maximum absolute atomic E-state index is 13.0. The van der Waals surface area contributed by atoms with E-state index in [0.717, 1.165) is 12.8 Å². The molecule has 1 heterocycles. The maximum atomic E-state index is 13.0. The molecule has 1 saturated heterocycles. The van der Waals surface area contributed by atoms with Gasteiger partial charge in [-0.15, -0.1) is 0 Å². The summed E-state index contributed by atoms with van der Waals surface area (Å²) in [5.41, 5.74) is 0.272. The van der Waals surface area contributed by atoms with Gasteiger partial charge in [0.25, 0.3) is 5.91 Å². The maximum Gasteiger partial charge on any atom is 0.251 e. The summed E-state index contributed by atoms with van der Waals surface area (Å²) in [5, 5.41) is 2.91. The predicted molar refractivity (Wildman–Crippen MR) is 103 cm³/mol. The minimum absolute atomic E-state index is 0.0219. The number of hydrogen-bond donors (Lipinski definition) is 1. The summed E-state index contributed by atoms with van der Waals surface area (Å²) >= 11 is 0. The molecule has 0 aromatic heterocycles. The number of carbonyl (C=O) groups excluding carboxylic acids is 1. The number of amides is 1. The van der Waals surface area contributed by atoms with Gasteiger partial charge in [0.2, 0.25) is 10.0 Å². The second kappa shape index (κ2) is 8.77. The van der Waals surface area contributed by atoms with Gasteiger partial charge in [0, 0.05) is 32.4 Å². The molecule has 2 fully saturated rings. The highest BCUT2D eigenvalue weighted by molar-refractivity contribution is 7.89. The lowest BCUT2D eigenvalue weighted by Crippen LogP contribution is -2.61. The summed E-state index contributed by atoms with van der Waals surface area (Å²) in [6.07, 6.45) is 2.08. The van der Waals surface area contributed by atoms with E-state index < -0.39 is 10.0 Å². The van der Waals surface area contributed by atoms with Crippen LogP contribution in [-0.2, 0) is 19.5 Å². The number of sulfonamides is 1. The summed E-state index contributed by atoms with van der Waals surface area (Å²) in [5.74, 6) is -0.110. The Kier molecular flexibility index (Phi) is 6.59. The molecular weight excluding hydrogens is 384 g/mol. The molecule has 28 heavy (non-hydrogen) atoms. The number of ether oxygens (including phenoxy) is 3. The highest BCUT2D eigenvalue weighted by Crippen LogP contribution is 2.31. The average Bonchev–Trinajstić information content (AvgIpc) is 3.22. The first-order chi connectivity index (χ1) is 13.4. The van der Waals surface area contributed by atoms with Gasteiger partial charge in [0.1, 0.15) is 16.7 Å². The third-order valence-corrected chi connectivity index (χ3v) is 7.25. The van der Waals surface area contributed by atoms with E-state index >= 15 is 0 Å². The molecule has 156 valence electrons. The van der Waals surface area contributed by atoms with Crippen LogP contribution in [0.25, 0.3) is 0 Å². The Labute approximate surface area is 166 Å². The fourth-order valence-corrected chi connectivity index (χ4v) is 5.45. The Balaban J connectivity index is 1.78. The standard InChI is InChI=1S/C19H28N2O6S/c1-4-27-16-12-14(18(16)26-3)20-19(22)13-7-8-15(25-2)17(11-13)28(23,24)21-9-5-6-10-21/h7-8,11,14,16,18H,4-6,9-10,12H2,1-3H3,(H,20,22)/t14-,16-,18-/m1/s1. The molecule has 3 atom stereocenters. The molecular formula is C19H28N2O6S. The molecule has 0 radical (unpaired) electrons. The number of hydrogen-bond acceptors (Lipinski definition) is 6. The number of benzene rings is 1. The second-order valence-corrected chi connectivity index (χ2v) is 8.89. The monoisotopic (exact) mass is 412 g/mol. The van der Waals surface area contributed by atoms with Crippen LogP contribution in [0.2, 0.25) is 0 Å². The Hall–Kier alpha value is -1.68. The summed E-state index contributed by atoms with van der Waals surface area (Å²) in [6.45, 7) is 3.47. The van der Waals surface area contributed by atoms with Gasteiger partial charge >= 0.3 is 0 Å². The molecule has 1 aromatic rings. The van der Waals surface area contributed by atoms with Crippen molar-refractivity contribution in [1.82, 2.24) is 9.62 Å². The molecule has 3 rings (SSSR count). The van der Waals surface area contributed by atoms with Crippen molar-refractivity contribution < 1.29 is 27.4 Å². The van der Waals surface area contributed by atoms with E-state index in [-0.39, 0.29) is 40.4 Å². The molecule has 0 unspecified atom stereocenters. The van der Waals surface area contributed by atoms with E-state index in [2.05, 4.69) is 5.32 Å². The Bertz CT molecular complexity index is 807. The topological polar surface area (TPSA) is 94.2 Å². The van der Waals surface area contributed by atoms with Gasteiger partial charge in [-0.05, 0) is 44.4 Å². The van der Waals surface area contributed by atoms with E-state index in [1.165, 1.54) is 23.5 Å². The fourth-order valence-electron chi connectivity index (χ4n) is 3.75. The fraction of sp³-hybridized carbons (Fsp3) is 0.632. The molecule has 0 spiro atoms. The summed E-state index contributed by atoms with van der Waals surface area (Å²) < 4.78 is 43.6. The zero-order valence-corrected chi connectivity index (χ0v) is 17.3. The molecule has 9 heteroatoms. The van der Waals surface area contributed by atoms with Crippen molar-refractivity contribution in [3.63, 3.8) is 0 Å². The van der Waals surface area contributed by atoms with Gasteiger partial charge in [0.15, 0.2) is 0 Å². The molecule has 1 aromatic carbocycles. The molecule has 1 aliphatic carbocycles. The van der Waals surface area contributed by atoms with Crippen molar-refractivity contribution in [1.29, 1.82) is 0 Å². The summed E-state index contributed by atoms with van der Waals surface area (Å²) in [7, 11) is -0.699. The minimum atomic E-state index is -3.71. The van der Waals surface area contributed by atoms with E-state index in [1.807, 2.05) is 6.92 Å². The lowest BCUT2D eigenvalue weighted by atomic mass is 9.85. The van der Waals surface area contributed by atoms with Gasteiger partial charge in [-0.2, -0.15) is 4.31 Å². The quantitative estimate of drug-likeness (QED) is 0.694. The first-order valence-corrected chi connectivity index (χ1v) is 11.0. The molecule has 1 saturated carbocycles. The van der Waals surface area contributed by atoms with Gasteiger partial charge in [-0.3, -0.25) is 4.79 Å². The highest BCUT2D eigenvalue weighted by Gasteiger charge is 2.43. The third-order valence-electron chi connectivity index (χ3n) is 5.33. The molecule has 1 N–H and O–H groups in total. The van der Waals surface area contributed by atoms with Crippen LogP contribution in [0.3, 0.4) is 0 Å². The smallest absolute Gasteiger partial charge is 0.251 e. The van der Waals surface area contributed by atoms with E-state index in [1.54, 1.807) is 13.2 Å². The zero-order valence-electron chi connectivity index (χ0n) is 16.5. The van der Waals surface area contributed by atoms with Crippen molar-refractivity contribution in [2.45, 2.75) is 49.3 Å².